The van der Waals surface area contributed by atoms with Crippen LogP contribution in [-0.2, 0) is 11.2 Å². The summed E-state index contributed by atoms with van der Waals surface area (Å²) in [6.45, 7) is -0.155. The van der Waals surface area contributed by atoms with Gasteiger partial charge in [0.1, 0.15) is 5.78 Å². The van der Waals surface area contributed by atoms with Gasteiger partial charge in [-0.1, -0.05) is 30.3 Å². The lowest BCUT2D eigenvalue weighted by Crippen LogP contribution is -2.17. The van der Waals surface area contributed by atoms with E-state index in [4.69, 9.17) is 0 Å². The number of hydrogen-bond acceptors (Lipinski definition) is 3. The molecule has 98 valence electrons. The smallest absolute Gasteiger partial charge is 0.142 e. The fourth-order valence-corrected chi connectivity index (χ4v) is 2.08. The Kier molecular flexibility index (Phi) is 4.81. The average Bonchev–Trinajstić information content (AvgIpc) is 2.48. The highest BCUT2D eigenvalue weighted by molar-refractivity contribution is 5.86. The van der Waals surface area contributed by atoms with E-state index < -0.39 is 5.92 Å². The van der Waals surface area contributed by atoms with E-state index in [0.29, 0.717) is 12.8 Å². The molecule has 0 fully saturated rings. The highest BCUT2D eigenvalue weighted by Gasteiger charge is 2.19. The van der Waals surface area contributed by atoms with Gasteiger partial charge in [-0.3, -0.25) is 9.78 Å². The topological polar surface area (TPSA) is 50.2 Å². The minimum atomic E-state index is -0.438. The molecule has 0 aliphatic rings. The van der Waals surface area contributed by atoms with Gasteiger partial charge < -0.3 is 5.11 Å². The van der Waals surface area contributed by atoms with Crippen molar-refractivity contribution in [2.75, 3.05) is 6.61 Å². The van der Waals surface area contributed by atoms with E-state index in [2.05, 4.69) is 4.98 Å². The molecular weight excluding hydrogens is 238 g/mol. The normalized spacial score (nSPS) is 12.1. The molecule has 2 rings (SSSR count). The Hall–Kier alpha value is -2.00. The number of aromatic nitrogens is 1. The Labute approximate surface area is 112 Å². The zero-order valence-electron chi connectivity index (χ0n) is 10.7. The van der Waals surface area contributed by atoms with Gasteiger partial charge in [-0.2, -0.15) is 0 Å². The molecule has 1 heterocycles. The minimum Gasteiger partial charge on any atom is -0.395 e. The van der Waals surface area contributed by atoms with Crippen molar-refractivity contribution in [1.29, 1.82) is 0 Å². The molecule has 0 saturated carbocycles. The number of nitrogens with zero attached hydrogens (tertiary/aromatic N) is 1. The number of hydrogen-bond donors (Lipinski definition) is 1. The lowest BCUT2D eigenvalue weighted by Gasteiger charge is -2.13. The van der Waals surface area contributed by atoms with Gasteiger partial charge in [-0.25, -0.2) is 0 Å². The van der Waals surface area contributed by atoms with Gasteiger partial charge in [0.05, 0.1) is 12.5 Å². The summed E-state index contributed by atoms with van der Waals surface area (Å²) in [6.07, 6.45) is 4.43. The fraction of sp³-hybridized carbons (Fsp3) is 0.250. The van der Waals surface area contributed by atoms with Gasteiger partial charge in [0.15, 0.2) is 0 Å². The number of Topliss-reactive ketones (excluding diaryl/α,β-unsaturated/α-hetero) is 1. The van der Waals surface area contributed by atoms with E-state index in [1.54, 1.807) is 24.5 Å². The third-order valence-corrected chi connectivity index (χ3v) is 3.18. The van der Waals surface area contributed by atoms with Gasteiger partial charge in [0, 0.05) is 18.8 Å². The summed E-state index contributed by atoms with van der Waals surface area (Å²) in [5, 5.41) is 9.41. The summed E-state index contributed by atoms with van der Waals surface area (Å²) in [5.74, 6) is -0.371. The van der Waals surface area contributed by atoms with E-state index in [1.807, 2.05) is 30.3 Å². The summed E-state index contributed by atoms with van der Waals surface area (Å²) in [5.41, 5.74) is 1.97. The highest BCUT2D eigenvalue weighted by Crippen LogP contribution is 2.18. The summed E-state index contributed by atoms with van der Waals surface area (Å²) in [4.78, 5) is 16.1. The van der Waals surface area contributed by atoms with Gasteiger partial charge in [0.2, 0.25) is 0 Å². The van der Waals surface area contributed by atoms with E-state index >= 15 is 0 Å². The zero-order valence-corrected chi connectivity index (χ0v) is 10.7. The van der Waals surface area contributed by atoms with Crippen molar-refractivity contribution in [1.82, 2.24) is 4.98 Å². The maximum Gasteiger partial charge on any atom is 0.142 e. The van der Waals surface area contributed by atoms with Crippen LogP contribution in [0.3, 0.4) is 0 Å². The molecular formula is C16H17NO2. The predicted octanol–water partition coefficient (Wildman–Crippen LogP) is 2.36. The second kappa shape index (κ2) is 6.81. The molecule has 0 spiro atoms. The number of benzene rings is 1. The number of aryl methyl sites for hydroxylation is 1. The summed E-state index contributed by atoms with van der Waals surface area (Å²) in [6, 6.07) is 13.5. The Morgan fingerprint density at radius 2 is 1.79 bits per heavy atom. The SMILES string of the molecule is O=C(CCc1ccccc1)[C@H](CO)c1ccncc1. The van der Waals surface area contributed by atoms with Gasteiger partial charge in [-0.15, -0.1) is 0 Å². The van der Waals surface area contributed by atoms with Crippen LogP contribution in [0.5, 0.6) is 0 Å². The lowest BCUT2D eigenvalue weighted by atomic mass is 9.92. The number of carbonyl (C=O) groups excluding carboxylic acids is 1. The van der Waals surface area contributed by atoms with Crippen LogP contribution in [0.4, 0.5) is 0 Å². The Morgan fingerprint density at radius 1 is 1.11 bits per heavy atom. The molecule has 0 aliphatic heterocycles. The Balaban J connectivity index is 1.98. The van der Waals surface area contributed by atoms with Gasteiger partial charge in [0.25, 0.3) is 0 Å². The first-order valence-electron chi connectivity index (χ1n) is 6.38. The predicted molar refractivity (Wildman–Crippen MR) is 73.8 cm³/mol. The van der Waals surface area contributed by atoms with Crippen LogP contribution in [0.1, 0.15) is 23.5 Å². The van der Waals surface area contributed by atoms with Crippen LogP contribution < -0.4 is 0 Å². The van der Waals surface area contributed by atoms with E-state index in [-0.39, 0.29) is 12.4 Å². The Bertz CT molecular complexity index is 511. The van der Waals surface area contributed by atoms with Crippen LogP contribution in [0.25, 0.3) is 0 Å². The van der Waals surface area contributed by atoms with Crippen molar-refractivity contribution in [3.05, 3.63) is 66.0 Å². The van der Waals surface area contributed by atoms with Gasteiger partial charge in [-0.05, 0) is 29.7 Å². The molecule has 2 aromatic rings. The third-order valence-electron chi connectivity index (χ3n) is 3.18. The molecule has 19 heavy (non-hydrogen) atoms. The van der Waals surface area contributed by atoms with Crippen LogP contribution in [-0.4, -0.2) is 22.5 Å². The Morgan fingerprint density at radius 3 is 2.42 bits per heavy atom. The largest absolute Gasteiger partial charge is 0.395 e. The number of ketones is 1. The summed E-state index contributed by atoms with van der Waals surface area (Å²) in [7, 11) is 0. The molecule has 0 saturated heterocycles. The summed E-state index contributed by atoms with van der Waals surface area (Å²) < 4.78 is 0. The molecule has 1 aromatic heterocycles. The first-order chi connectivity index (χ1) is 9.31. The molecule has 3 heteroatoms. The van der Waals surface area contributed by atoms with Crippen LogP contribution in [0, 0.1) is 0 Å². The fourth-order valence-electron chi connectivity index (χ4n) is 2.08. The van der Waals surface area contributed by atoms with Crippen molar-refractivity contribution in [3.63, 3.8) is 0 Å². The molecule has 1 N–H and O–H groups in total. The molecule has 1 aromatic carbocycles. The monoisotopic (exact) mass is 255 g/mol. The van der Waals surface area contributed by atoms with Crippen LogP contribution in [0.2, 0.25) is 0 Å². The number of carbonyl (C=O) groups is 1. The molecule has 1 atom stereocenters. The van der Waals surface area contributed by atoms with Crippen molar-refractivity contribution in [2.24, 2.45) is 0 Å². The number of pyridine rings is 1. The summed E-state index contributed by atoms with van der Waals surface area (Å²) >= 11 is 0. The zero-order chi connectivity index (χ0) is 13.5. The van der Waals surface area contributed by atoms with Crippen LogP contribution in [0.15, 0.2) is 54.9 Å². The van der Waals surface area contributed by atoms with E-state index in [0.717, 1.165) is 11.1 Å². The molecule has 0 aliphatic carbocycles. The molecule has 0 unspecified atom stereocenters. The van der Waals surface area contributed by atoms with E-state index in [9.17, 15) is 9.90 Å². The standard InChI is InChI=1S/C16H17NO2/c18-12-15(14-8-10-17-11-9-14)16(19)7-6-13-4-2-1-3-5-13/h1-5,8-11,15,18H,6-7,12H2/t15-/m1/s1. The van der Waals surface area contributed by atoms with Crippen molar-refractivity contribution >= 4 is 5.78 Å². The lowest BCUT2D eigenvalue weighted by molar-refractivity contribution is -0.121. The molecule has 0 amide bonds. The highest BCUT2D eigenvalue weighted by atomic mass is 16.3. The van der Waals surface area contributed by atoms with Crippen molar-refractivity contribution in [2.45, 2.75) is 18.8 Å². The maximum absolute atomic E-state index is 12.2. The van der Waals surface area contributed by atoms with E-state index in [1.165, 1.54) is 0 Å². The third kappa shape index (κ3) is 3.73. The number of rotatable bonds is 6. The van der Waals surface area contributed by atoms with Gasteiger partial charge >= 0.3 is 0 Å². The second-order valence-corrected chi connectivity index (χ2v) is 4.47. The molecule has 3 nitrogen and oxygen atoms in total. The molecule has 0 bridgehead atoms. The van der Waals surface area contributed by atoms with Crippen molar-refractivity contribution < 1.29 is 9.90 Å². The van der Waals surface area contributed by atoms with Crippen LogP contribution >= 0.6 is 0 Å². The maximum atomic E-state index is 12.2. The molecule has 0 radical (unpaired) electrons. The second-order valence-electron chi connectivity index (χ2n) is 4.47. The number of aliphatic hydroxyl groups excluding tert-OH is 1. The first kappa shape index (κ1) is 13.4. The quantitative estimate of drug-likeness (QED) is 0.862. The minimum absolute atomic E-state index is 0.0672. The first-order valence-corrected chi connectivity index (χ1v) is 6.38. The van der Waals surface area contributed by atoms with Crippen molar-refractivity contribution in [3.8, 4) is 0 Å². The number of aliphatic hydroxyl groups is 1. The average molecular weight is 255 g/mol.